The number of furan rings is 1. The molecule has 3 heterocycles. The van der Waals surface area contributed by atoms with E-state index in [9.17, 15) is 4.79 Å². The maximum absolute atomic E-state index is 12.4. The van der Waals surface area contributed by atoms with Gasteiger partial charge in [-0.3, -0.25) is 9.48 Å². The Kier molecular flexibility index (Phi) is 5.51. The van der Waals surface area contributed by atoms with Crippen LogP contribution in [0.15, 0.2) is 22.8 Å². The summed E-state index contributed by atoms with van der Waals surface area (Å²) in [5.74, 6) is 1.50. The third kappa shape index (κ3) is 3.70. The molecule has 1 aliphatic heterocycles. The molecule has 2 aromatic rings. The monoisotopic (exact) mass is 358 g/mol. The first-order valence-electron chi connectivity index (χ1n) is 9.40. The summed E-state index contributed by atoms with van der Waals surface area (Å²) in [5.41, 5.74) is 3.37. The van der Waals surface area contributed by atoms with Crippen molar-refractivity contribution in [2.75, 3.05) is 13.6 Å². The first kappa shape index (κ1) is 18.7. The minimum atomic E-state index is 0.0981. The van der Waals surface area contributed by atoms with Crippen LogP contribution < -0.4 is 5.32 Å². The van der Waals surface area contributed by atoms with Crippen molar-refractivity contribution in [3.8, 4) is 0 Å². The molecule has 1 aliphatic rings. The molecular formula is C20H30N4O2. The third-order valence-electron chi connectivity index (χ3n) is 5.69. The molecule has 1 amide bonds. The van der Waals surface area contributed by atoms with Gasteiger partial charge in [-0.05, 0) is 39.3 Å². The number of nitrogens with one attached hydrogen (secondary N) is 1. The first-order chi connectivity index (χ1) is 12.4. The molecule has 0 unspecified atom stereocenters. The number of rotatable bonds is 7. The minimum absolute atomic E-state index is 0.0981. The highest BCUT2D eigenvalue weighted by Gasteiger charge is 2.40. The first-order valence-corrected chi connectivity index (χ1v) is 9.40. The highest BCUT2D eigenvalue weighted by Crippen LogP contribution is 2.39. The van der Waals surface area contributed by atoms with E-state index in [2.05, 4.69) is 24.3 Å². The molecule has 6 heteroatoms. The van der Waals surface area contributed by atoms with Crippen molar-refractivity contribution in [1.29, 1.82) is 0 Å². The summed E-state index contributed by atoms with van der Waals surface area (Å²) in [4.78, 5) is 14.3. The van der Waals surface area contributed by atoms with Gasteiger partial charge in [0, 0.05) is 56.7 Å². The second-order valence-electron chi connectivity index (χ2n) is 7.55. The molecule has 3 rings (SSSR count). The number of carbonyl (C=O) groups is 1. The lowest BCUT2D eigenvalue weighted by atomic mass is 9.92. The van der Waals surface area contributed by atoms with Crippen LogP contribution in [-0.4, -0.2) is 40.2 Å². The number of carbonyl (C=O) groups excluding carboxylic acids is 1. The van der Waals surface area contributed by atoms with Crippen LogP contribution in [0.25, 0.3) is 0 Å². The molecule has 26 heavy (non-hydrogen) atoms. The van der Waals surface area contributed by atoms with Gasteiger partial charge in [0.2, 0.25) is 5.91 Å². The van der Waals surface area contributed by atoms with Gasteiger partial charge in [-0.2, -0.15) is 5.10 Å². The van der Waals surface area contributed by atoms with Crippen LogP contribution in [0.3, 0.4) is 0 Å². The van der Waals surface area contributed by atoms with E-state index in [0.29, 0.717) is 12.5 Å². The fourth-order valence-corrected chi connectivity index (χ4v) is 4.05. The number of nitrogens with zero attached hydrogens (tertiary/aromatic N) is 3. The SMILES string of the molecule is Cc1nn(C)c(C)c1[C@H]1[C@H](CN[C@H](C)CCc2ccco2)CC(=O)N1C. The summed E-state index contributed by atoms with van der Waals surface area (Å²) in [6.07, 6.45) is 4.25. The lowest BCUT2D eigenvalue weighted by molar-refractivity contribution is -0.127. The molecule has 142 valence electrons. The Hall–Kier alpha value is -2.08. The molecule has 6 nitrogen and oxygen atoms in total. The Morgan fingerprint density at radius 1 is 1.38 bits per heavy atom. The summed E-state index contributed by atoms with van der Waals surface area (Å²) in [5, 5.41) is 8.18. The van der Waals surface area contributed by atoms with Crippen molar-refractivity contribution >= 4 is 5.91 Å². The molecular weight excluding hydrogens is 328 g/mol. The van der Waals surface area contributed by atoms with Crippen LogP contribution in [0, 0.1) is 19.8 Å². The summed E-state index contributed by atoms with van der Waals surface area (Å²) >= 11 is 0. The van der Waals surface area contributed by atoms with Crippen molar-refractivity contribution in [1.82, 2.24) is 20.0 Å². The van der Waals surface area contributed by atoms with E-state index in [1.807, 2.05) is 42.7 Å². The summed E-state index contributed by atoms with van der Waals surface area (Å²) < 4.78 is 7.32. The zero-order valence-corrected chi connectivity index (χ0v) is 16.5. The average Bonchev–Trinajstić information content (AvgIpc) is 3.27. The maximum Gasteiger partial charge on any atom is 0.223 e. The number of hydrogen-bond donors (Lipinski definition) is 1. The Morgan fingerprint density at radius 2 is 2.15 bits per heavy atom. The fourth-order valence-electron chi connectivity index (χ4n) is 4.05. The molecule has 0 aliphatic carbocycles. The van der Waals surface area contributed by atoms with Crippen LogP contribution in [0.5, 0.6) is 0 Å². The topological polar surface area (TPSA) is 63.3 Å². The van der Waals surface area contributed by atoms with E-state index in [-0.39, 0.29) is 17.9 Å². The Morgan fingerprint density at radius 3 is 2.77 bits per heavy atom. The quantitative estimate of drug-likeness (QED) is 0.827. The molecule has 0 bridgehead atoms. The van der Waals surface area contributed by atoms with Gasteiger partial charge in [0.1, 0.15) is 5.76 Å². The highest BCUT2D eigenvalue weighted by molar-refractivity contribution is 5.79. The zero-order valence-electron chi connectivity index (χ0n) is 16.5. The molecule has 0 spiro atoms. The van der Waals surface area contributed by atoms with E-state index in [1.165, 1.54) is 5.56 Å². The van der Waals surface area contributed by atoms with E-state index >= 15 is 0 Å². The average molecular weight is 358 g/mol. The summed E-state index contributed by atoms with van der Waals surface area (Å²) in [6.45, 7) is 7.14. The standard InChI is InChI=1S/C20H30N4O2/c1-13(8-9-17-7-6-10-26-17)21-12-16-11-18(25)23(4)20(16)19-14(2)22-24(5)15(19)3/h6-7,10,13,16,20-21H,8-9,11-12H2,1-5H3/t13-,16+,20-/m1/s1. The van der Waals surface area contributed by atoms with E-state index in [4.69, 9.17) is 4.42 Å². The van der Waals surface area contributed by atoms with Crippen molar-refractivity contribution in [2.45, 2.75) is 52.1 Å². The van der Waals surface area contributed by atoms with Gasteiger partial charge in [-0.25, -0.2) is 0 Å². The van der Waals surface area contributed by atoms with E-state index in [0.717, 1.165) is 36.5 Å². The van der Waals surface area contributed by atoms with Crippen molar-refractivity contribution in [3.63, 3.8) is 0 Å². The molecule has 0 radical (unpaired) electrons. The predicted octanol–water partition coefficient (Wildman–Crippen LogP) is 2.76. The Balaban J connectivity index is 1.64. The van der Waals surface area contributed by atoms with Gasteiger partial charge < -0.3 is 14.6 Å². The van der Waals surface area contributed by atoms with Gasteiger partial charge in [0.25, 0.3) is 0 Å². The molecule has 1 saturated heterocycles. The summed E-state index contributed by atoms with van der Waals surface area (Å²) in [7, 11) is 3.88. The zero-order chi connectivity index (χ0) is 18.8. The fraction of sp³-hybridized carbons (Fsp3) is 0.600. The number of amides is 1. The number of aryl methyl sites for hydroxylation is 3. The molecule has 1 fully saturated rings. The smallest absolute Gasteiger partial charge is 0.223 e. The van der Waals surface area contributed by atoms with Crippen LogP contribution in [0.1, 0.15) is 48.5 Å². The van der Waals surface area contributed by atoms with Crippen molar-refractivity contribution in [3.05, 3.63) is 41.1 Å². The van der Waals surface area contributed by atoms with Gasteiger partial charge >= 0.3 is 0 Å². The van der Waals surface area contributed by atoms with Crippen LogP contribution in [0.4, 0.5) is 0 Å². The molecule has 0 saturated carbocycles. The van der Waals surface area contributed by atoms with Crippen LogP contribution >= 0.6 is 0 Å². The van der Waals surface area contributed by atoms with E-state index < -0.39 is 0 Å². The molecule has 1 N–H and O–H groups in total. The lowest BCUT2D eigenvalue weighted by Crippen LogP contribution is -2.34. The Bertz CT molecular complexity index is 750. The molecule has 3 atom stereocenters. The largest absolute Gasteiger partial charge is 0.469 e. The molecule has 0 aromatic carbocycles. The van der Waals surface area contributed by atoms with Gasteiger partial charge in [0.05, 0.1) is 18.0 Å². The van der Waals surface area contributed by atoms with Crippen LogP contribution in [0.2, 0.25) is 0 Å². The predicted molar refractivity (Wildman–Crippen MR) is 101 cm³/mol. The van der Waals surface area contributed by atoms with Crippen molar-refractivity contribution in [2.24, 2.45) is 13.0 Å². The van der Waals surface area contributed by atoms with Gasteiger partial charge in [-0.1, -0.05) is 0 Å². The van der Waals surface area contributed by atoms with E-state index in [1.54, 1.807) is 6.26 Å². The van der Waals surface area contributed by atoms with Gasteiger partial charge in [0.15, 0.2) is 0 Å². The number of aromatic nitrogens is 2. The van der Waals surface area contributed by atoms with Crippen LogP contribution in [-0.2, 0) is 18.3 Å². The molecule has 2 aromatic heterocycles. The lowest BCUT2D eigenvalue weighted by Gasteiger charge is -2.27. The maximum atomic E-state index is 12.4. The summed E-state index contributed by atoms with van der Waals surface area (Å²) in [6, 6.07) is 4.41. The Labute approximate surface area is 155 Å². The second kappa shape index (κ2) is 7.66. The van der Waals surface area contributed by atoms with Gasteiger partial charge in [-0.15, -0.1) is 0 Å². The normalized spacial score (nSPS) is 21.6. The minimum Gasteiger partial charge on any atom is -0.469 e. The highest BCUT2D eigenvalue weighted by atomic mass is 16.3. The van der Waals surface area contributed by atoms with Crippen molar-refractivity contribution < 1.29 is 9.21 Å². The number of hydrogen-bond acceptors (Lipinski definition) is 4. The third-order valence-corrected chi connectivity index (χ3v) is 5.69. The second-order valence-corrected chi connectivity index (χ2v) is 7.55. The number of likely N-dealkylation sites (tertiary alicyclic amines) is 1.